The molecule has 3 N–H and O–H groups in total. The lowest BCUT2D eigenvalue weighted by molar-refractivity contribution is -0.115. The van der Waals surface area contributed by atoms with Crippen molar-refractivity contribution in [2.24, 2.45) is 5.73 Å². The number of fused-ring (bicyclic) bond motifs is 1. The number of carbonyl (C=O) groups is 2. The fourth-order valence-electron chi connectivity index (χ4n) is 2.45. The maximum atomic E-state index is 13.7. The molecule has 0 aliphatic carbocycles. The van der Waals surface area contributed by atoms with Gasteiger partial charge in [0.25, 0.3) is 0 Å². The first-order valence-electron chi connectivity index (χ1n) is 7.87. The van der Waals surface area contributed by atoms with Gasteiger partial charge in [-0.05, 0) is 31.2 Å². The zero-order chi connectivity index (χ0) is 18.7. The lowest BCUT2D eigenvalue weighted by Crippen LogP contribution is -2.23. The summed E-state index contributed by atoms with van der Waals surface area (Å²) in [7, 11) is 0. The smallest absolute Gasteiger partial charge is 0.249 e. The first-order chi connectivity index (χ1) is 12.5. The molecular weight excluding hydrogens is 353 g/mol. The van der Waals surface area contributed by atoms with Crippen molar-refractivity contribution in [3.05, 3.63) is 66.0 Å². The number of aromatic nitrogens is 1. The number of primary amides is 1. The number of para-hydroxylation sites is 2. The number of hydrogen-bond acceptors (Lipinski definition) is 4. The van der Waals surface area contributed by atoms with Crippen molar-refractivity contribution in [1.29, 1.82) is 0 Å². The number of anilines is 1. The van der Waals surface area contributed by atoms with Crippen molar-refractivity contribution in [2.45, 2.75) is 17.2 Å². The number of nitrogens with one attached hydrogen (secondary N) is 1. The molecular formula is C19H16FN3O2S. The van der Waals surface area contributed by atoms with Gasteiger partial charge in [0.05, 0.1) is 27.0 Å². The third-order valence-corrected chi connectivity index (χ3v) is 4.77. The molecule has 0 fully saturated rings. The summed E-state index contributed by atoms with van der Waals surface area (Å²) < 4.78 is 13.7. The molecule has 0 spiro atoms. The number of rotatable bonds is 5. The molecule has 7 heteroatoms. The second-order valence-corrected chi connectivity index (χ2v) is 6.98. The summed E-state index contributed by atoms with van der Waals surface area (Å²) in [6.45, 7) is 1.68. The van der Waals surface area contributed by atoms with Gasteiger partial charge in [-0.3, -0.25) is 9.59 Å². The van der Waals surface area contributed by atoms with Crippen LogP contribution in [0.4, 0.5) is 10.1 Å². The van der Waals surface area contributed by atoms with Crippen molar-refractivity contribution in [3.8, 4) is 0 Å². The van der Waals surface area contributed by atoms with E-state index in [1.165, 1.54) is 23.9 Å². The van der Waals surface area contributed by atoms with Crippen molar-refractivity contribution in [1.82, 2.24) is 4.98 Å². The Morgan fingerprint density at radius 3 is 2.58 bits per heavy atom. The normalized spacial score (nSPS) is 11.9. The van der Waals surface area contributed by atoms with E-state index in [1.54, 1.807) is 43.3 Å². The zero-order valence-corrected chi connectivity index (χ0v) is 14.7. The standard InChI is InChI=1S/C19H16FN3O2S/c1-11(19(25)23-16-9-5-3-7-14(16)20)26-17-10-13(18(21)24)12-6-2-4-8-15(12)22-17/h2-11H,1H3,(H2,21,24)(H,23,25)/t11-/m0/s1. The van der Waals surface area contributed by atoms with E-state index in [1.807, 2.05) is 6.07 Å². The fourth-order valence-corrected chi connectivity index (χ4v) is 3.31. The molecule has 0 radical (unpaired) electrons. The molecule has 1 heterocycles. The minimum Gasteiger partial charge on any atom is -0.366 e. The van der Waals surface area contributed by atoms with Gasteiger partial charge in [0.2, 0.25) is 11.8 Å². The molecule has 1 atom stereocenters. The van der Waals surface area contributed by atoms with Gasteiger partial charge in [0.15, 0.2) is 0 Å². The molecule has 2 aromatic carbocycles. The SMILES string of the molecule is C[C@H](Sc1cc(C(N)=O)c2ccccc2n1)C(=O)Nc1ccccc1F. The summed E-state index contributed by atoms with van der Waals surface area (Å²) in [6, 6.07) is 14.7. The third kappa shape index (κ3) is 3.83. The Hall–Kier alpha value is -2.93. The largest absolute Gasteiger partial charge is 0.366 e. The van der Waals surface area contributed by atoms with E-state index in [-0.39, 0.29) is 11.6 Å². The highest BCUT2D eigenvalue weighted by Crippen LogP contribution is 2.27. The van der Waals surface area contributed by atoms with Crippen molar-refractivity contribution >= 4 is 40.2 Å². The van der Waals surface area contributed by atoms with Gasteiger partial charge in [-0.15, -0.1) is 0 Å². The van der Waals surface area contributed by atoms with E-state index in [9.17, 15) is 14.0 Å². The first kappa shape index (κ1) is 17.9. The molecule has 0 bridgehead atoms. The number of hydrogen-bond donors (Lipinski definition) is 2. The van der Waals surface area contributed by atoms with Crippen LogP contribution in [0.3, 0.4) is 0 Å². The van der Waals surface area contributed by atoms with Gasteiger partial charge in [-0.2, -0.15) is 0 Å². The molecule has 1 aromatic heterocycles. The van der Waals surface area contributed by atoms with Crippen LogP contribution in [0, 0.1) is 5.82 Å². The number of pyridine rings is 1. The van der Waals surface area contributed by atoms with Crippen LogP contribution >= 0.6 is 11.8 Å². The number of carbonyl (C=O) groups excluding carboxylic acids is 2. The molecule has 2 amide bonds. The highest BCUT2D eigenvalue weighted by Gasteiger charge is 2.18. The predicted octanol–water partition coefficient (Wildman–Crippen LogP) is 3.59. The Bertz CT molecular complexity index is 993. The summed E-state index contributed by atoms with van der Waals surface area (Å²) in [5.41, 5.74) is 6.55. The Kier molecular flexibility index (Phi) is 5.18. The van der Waals surface area contributed by atoms with E-state index >= 15 is 0 Å². The van der Waals surface area contributed by atoms with Crippen LogP contribution in [0.15, 0.2) is 59.6 Å². The Morgan fingerprint density at radius 1 is 1.15 bits per heavy atom. The number of nitrogens with two attached hydrogens (primary N) is 1. The van der Waals surface area contributed by atoms with Gasteiger partial charge in [0.1, 0.15) is 5.82 Å². The topological polar surface area (TPSA) is 85.1 Å². The Morgan fingerprint density at radius 2 is 1.85 bits per heavy atom. The Labute approximate surface area is 153 Å². The molecule has 5 nitrogen and oxygen atoms in total. The summed E-state index contributed by atoms with van der Waals surface area (Å²) >= 11 is 1.17. The van der Waals surface area contributed by atoms with Crippen molar-refractivity contribution in [2.75, 3.05) is 5.32 Å². The van der Waals surface area contributed by atoms with Crippen LogP contribution in [0.1, 0.15) is 17.3 Å². The minimum atomic E-state index is -0.561. The number of thioether (sulfide) groups is 1. The molecule has 26 heavy (non-hydrogen) atoms. The summed E-state index contributed by atoms with van der Waals surface area (Å²) in [5.74, 6) is -1.43. The van der Waals surface area contributed by atoms with Crippen LogP contribution in [-0.2, 0) is 4.79 Å². The van der Waals surface area contributed by atoms with Crippen LogP contribution in [-0.4, -0.2) is 22.0 Å². The van der Waals surface area contributed by atoms with Crippen LogP contribution in [0.2, 0.25) is 0 Å². The number of amides is 2. The maximum absolute atomic E-state index is 13.7. The second-order valence-electron chi connectivity index (χ2n) is 5.62. The second kappa shape index (κ2) is 7.53. The third-order valence-electron chi connectivity index (χ3n) is 3.76. The Balaban J connectivity index is 1.83. The average molecular weight is 369 g/mol. The van der Waals surface area contributed by atoms with E-state index < -0.39 is 17.0 Å². The van der Waals surface area contributed by atoms with Gasteiger partial charge in [-0.25, -0.2) is 9.37 Å². The monoisotopic (exact) mass is 369 g/mol. The van der Waals surface area contributed by atoms with Crippen molar-refractivity contribution < 1.29 is 14.0 Å². The minimum absolute atomic E-state index is 0.120. The van der Waals surface area contributed by atoms with Crippen LogP contribution in [0.5, 0.6) is 0 Å². The molecule has 0 unspecified atom stereocenters. The first-order valence-corrected chi connectivity index (χ1v) is 8.75. The molecule has 0 saturated heterocycles. The molecule has 0 aliphatic heterocycles. The molecule has 0 saturated carbocycles. The average Bonchev–Trinajstić information content (AvgIpc) is 2.62. The summed E-state index contributed by atoms with van der Waals surface area (Å²) in [5, 5.41) is 3.15. The quantitative estimate of drug-likeness (QED) is 0.673. The van der Waals surface area contributed by atoms with E-state index in [4.69, 9.17) is 5.73 Å². The summed E-state index contributed by atoms with van der Waals surface area (Å²) in [4.78, 5) is 28.5. The number of halogens is 1. The summed E-state index contributed by atoms with van der Waals surface area (Å²) in [6.07, 6.45) is 0. The van der Waals surface area contributed by atoms with E-state index in [2.05, 4.69) is 10.3 Å². The molecule has 0 aliphatic rings. The van der Waals surface area contributed by atoms with Crippen molar-refractivity contribution in [3.63, 3.8) is 0 Å². The predicted molar refractivity (Wildman–Crippen MR) is 101 cm³/mol. The van der Waals surface area contributed by atoms with Gasteiger partial charge in [0, 0.05) is 5.39 Å². The van der Waals surface area contributed by atoms with E-state index in [0.717, 1.165) is 0 Å². The lowest BCUT2D eigenvalue weighted by Gasteiger charge is -2.13. The molecule has 3 rings (SSSR count). The zero-order valence-electron chi connectivity index (χ0n) is 13.9. The fraction of sp³-hybridized carbons (Fsp3) is 0.105. The van der Waals surface area contributed by atoms with Gasteiger partial charge >= 0.3 is 0 Å². The van der Waals surface area contributed by atoms with Gasteiger partial charge in [-0.1, -0.05) is 42.1 Å². The molecule has 132 valence electrons. The van der Waals surface area contributed by atoms with E-state index in [0.29, 0.717) is 21.5 Å². The highest BCUT2D eigenvalue weighted by atomic mass is 32.2. The lowest BCUT2D eigenvalue weighted by atomic mass is 10.1. The van der Waals surface area contributed by atoms with Crippen LogP contribution < -0.4 is 11.1 Å². The molecule has 3 aromatic rings. The number of benzene rings is 2. The van der Waals surface area contributed by atoms with Gasteiger partial charge < -0.3 is 11.1 Å². The maximum Gasteiger partial charge on any atom is 0.249 e. The van der Waals surface area contributed by atoms with Crippen LogP contribution in [0.25, 0.3) is 10.9 Å². The number of nitrogens with zero attached hydrogens (tertiary/aromatic N) is 1. The highest BCUT2D eigenvalue weighted by molar-refractivity contribution is 8.00.